The van der Waals surface area contributed by atoms with Gasteiger partial charge in [0.15, 0.2) is 0 Å². The molecule has 0 saturated carbocycles. The Morgan fingerprint density at radius 3 is 1.98 bits per heavy atom. The third-order valence-corrected chi connectivity index (χ3v) is 9.85. The van der Waals surface area contributed by atoms with E-state index in [1.807, 2.05) is 26.1 Å². The van der Waals surface area contributed by atoms with E-state index in [9.17, 15) is 31.0 Å². The molecule has 12 heteroatoms. The first kappa shape index (κ1) is 31.5. The van der Waals surface area contributed by atoms with Crippen molar-refractivity contribution >= 4 is 38.3 Å². The Balaban J connectivity index is 1.41. The lowest BCUT2D eigenvalue weighted by molar-refractivity contribution is 0.0959. The van der Waals surface area contributed by atoms with Crippen LogP contribution in [0.15, 0.2) is 99.6 Å². The van der Waals surface area contributed by atoms with Crippen molar-refractivity contribution in [3.8, 4) is 11.5 Å². The quantitative estimate of drug-likeness (QED) is 0.234. The molecule has 8 nitrogen and oxygen atoms in total. The molecule has 2 N–H and O–H groups in total. The van der Waals surface area contributed by atoms with E-state index < -0.39 is 54.5 Å². The summed E-state index contributed by atoms with van der Waals surface area (Å²) in [6.07, 6.45) is 0. The van der Waals surface area contributed by atoms with Crippen LogP contribution >= 0.6 is 0 Å². The zero-order valence-electron chi connectivity index (χ0n) is 23.6. The Morgan fingerprint density at radius 1 is 0.837 bits per heavy atom. The fraction of sp³-hybridized carbons (Fsp3) is 0.161. The monoisotopic (exact) mass is 626 g/mol. The molecule has 4 aromatic carbocycles. The van der Waals surface area contributed by atoms with Gasteiger partial charge in [-0.2, -0.15) is 0 Å². The summed E-state index contributed by atoms with van der Waals surface area (Å²) in [5, 5.41) is 4.25. The van der Waals surface area contributed by atoms with E-state index in [1.54, 1.807) is 25.1 Å². The van der Waals surface area contributed by atoms with Crippen molar-refractivity contribution < 1.29 is 35.7 Å². The van der Waals surface area contributed by atoms with Gasteiger partial charge in [-0.1, -0.05) is 6.07 Å². The highest BCUT2D eigenvalue weighted by molar-refractivity contribution is 7.91. The molecular formula is C31H28F2N2O6S2. The number of rotatable bonds is 7. The highest BCUT2D eigenvalue weighted by Gasteiger charge is 2.24. The Kier molecular flexibility index (Phi) is 9.12. The number of ether oxygens (including phenoxy) is 1. The molecule has 1 atom stereocenters. The number of carbonyl (C=O) groups is 2. The number of sulfone groups is 1. The summed E-state index contributed by atoms with van der Waals surface area (Å²) in [6.45, 7) is 7.17. The van der Waals surface area contributed by atoms with E-state index in [0.717, 1.165) is 18.2 Å². The van der Waals surface area contributed by atoms with Crippen molar-refractivity contribution in [3.63, 3.8) is 0 Å². The van der Waals surface area contributed by atoms with E-state index in [0.29, 0.717) is 22.0 Å². The Morgan fingerprint density at radius 2 is 1.42 bits per heavy atom. The van der Waals surface area contributed by atoms with E-state index in [4.69, 9.17) is 4.74 Å². The molecule has 0 aliphatic heterocycles. The summed E-state index contributed by atoms with van der Waals surface area (Å²) in [5.74, 6) is -2.70. The second kappa shape index (κ2) is 12.4. The Hall–Kier alpha value is -4.42. The molecule has 4 rings (SSSR count). The molecule has 0 aromatic heterocycles. The van der Waals surface area contributed by atoms with Crippen molar-refractivity contribution in [2.45, 2.75) is 47.1 Å². The predicted molar refractivity (Wildman–Crippen MR) is 159 cm³/mol. The summed E-state index contributed by atoms with van der Waals surface area (Å²) in [4.78, 5) is 25.0. The van der Waals surface area contributed by atoms with Gasteiger partial charge in [0.05, 0.1) is 20.6 Å². The number of hydrogen-bond donors (Lipinski definition) is 2. The molecule has 0 fully saturated rings. The normalized spacial score (nSPS) is 12.3. The lowest BCUT2D eigenvalue weighted by Crippen LogP contribution is -2.35. The molecule has 4 aromatic rings. The van der Waals surface area contributed by atoms with Crippen LogP contribution in [0, 0.1) is 18.6 Å². The number of nitrogens with one attached hydrogen (secondary N) is 2. The maximum Gasteiger partial charge on any atom is 0.326 e. The average Bonchev–Trinajstić information content (AvgIpc) is 2.93. The highest BCUT2D eigenvalue weighted by atomic mass is 32.2. The van der Waals surface area contributed by atoms with Gasteiger partial charge in [-0.05, 0) is 112 Å². The smallest absolute Gasteiger partial charge is 0.326 e. The van der Waals surface area contributed by atoms with Gasteiger partial charge >= 0.3 is 6.03 Å². The van der Waals surface area contributed by atoms with Crippen LogP contribution < -0.4 is 15.4 Å². The summed E-state index contributed by atoms with van der Waals surface area (Å²) in [5.41, 5.74) is -0.158. The van der Waals surface area contributed by atoms with Gasteiger partial charge in [0.1, 0.15) is 28.7 Å². The first-order chi connectivity index (χ1) is 20.2. The Bertz CT molecular complexity index is 1800. The standard InChI is InChI=1S/C31H28F2N2O6S2/c1-19-18-22(12-17-27(19)43(39,40)24-15-13-23(14-16-24)42(38)31(2,3)4)41-21-10-8-20(9-11-21)34-30(37)35-29(36)28-25(32)6-5-7-26(28)33/h5-18H,1-4H3,(H2,34,35,36,37). The number of imide groups is 1. The second-order valence-electron chi connectivity index (χ2n) is 10.4. The molecular weight excluding hydrogens is 598 g/mol. The van der Waals surface area contributed by atoms with Crippen LogP contribution in [-0.4, -0.2) is 29.3 Å². The van der Waals surface area contributed by atoms with E-state index in [-0.39, 0.29) is 15.5 Å². The molecule has 0 saturated heterocycles. The number of amides is 3. The van der Waals surface area contributed by atoms with E-state index in [2.05, 4.69) is 5.32 Å². The number of anilines is 1. The minimum atomic E-state index is -3.85. The summed E-state index contributed by atoms with van der Waals surface area (Å²) in [6, 6.07) is 18.5. The highest BCUT2D eigenvalue weighted by Crippen LogP contribution is 2.31. The van der Waals surface area contributed by atoms with Gasteiger partial charge in [0.25, 0.3) is 5.91 Å². The summed E-state index contributed by atoms with van der Waals surface area (Å²) in [7, 11) is -5.15. The molecule has 0 radical (unpaired) electrons. The minimum Gasteiger partial charge on any atom is -0.457 e. The van der Waals surface area contributed by atoms with Crippen molar-refractivity contribution in [3.05, 3.63) is 108 Å². The Labute approximate surface area is 250 Å². The van der Waals surface area contributed by atoms with Crippen LogP contribution in [0.1, 0.15) is 36.7 Å². The molecule has 43 heavy (non-hydrogen) atoms. The number of halogens is 2. The molecule has 0 heterocycles. The molecule has 224 valence electrons. The minimum absolute atomic E-state index is 0.0757. The maximum atomic E-state index is 13.8. The van der Waals surface area contributed by atoms with Crippen LogP contribution in [0.25, 0.3) is 0 Å². The van der Waals surface area contributed by atoms with Crippen molar-refractivity contribution in [2.24, 2.45) is 0 Å². The number of benzene rings is 4. The zero-order chi connectivity index (χ0) is 31.5. The lowest BCUT2D eigenvalue weighted by Gasteiger charge is -2.18. The first-order valence-electron chi connectivity index (χ1n) is 12.9. The molecule has 1 unspecified atom stereocenters. The number of aryl methyl sites for hydroxylation is 1. The topological polar surface area (TPSA) is 119 Å². The fourth-order valence-corrected chi connectivity index (χ4v) is 6.56. The molecule has 0 bridgehead atoms. The van der Waals surface area contributed by atoms with Crippen LogP contribution in [0.2, 0.25) is 0 Å². The third kappa shape index (κ3) is 7.33. The van der Waals surface area contributed by atoms with Crippen LogP contribution in [0.5, 0.6) is 11.5 Å². The van der Waals surface area contributed by atoms with Crippen LogP contribution in [-0.2, 0) is 20.6 Å². The van der Waals surface area contributed by atoms with Gasteiger partial charge in [-0.15, -0.1) is 0 Å². The second-order valence-corrected chi connectivity index (χ2v) is 14.6. The molecule has 0 aliphatic rings. The zero-order valence-corrected chi connectivity index (χ0v) is 25.2. The number of urea groups is 1. The fourth-order valence-electron chi connectivity index (χ4n) is 3.99. The van der Waals surface area contributed by atoms with E-state index in [1.165, 1.54) is 48.5 Å². The SMILES string of the molecule is Cc1cc(Oc2ccc(NC(=O)NC(=O)c3c(F)cccc3F)cc2)ccc1S(=O)(=O)c1ccc(S(=O)C(C)(C)C)cc1. The van der Waals surface area contributed by atoms with Crippen molar-refractivity contribution in [1.82, 2.24) is 5.32 Å². The van der Waals surface area contributed by atoms with Crippen molar-refractivity contribution in [1.29, 1.82) is 0 Å². The van der Waals surface area contributed by atoms with Gasteiger partial charge in [0.2, 0.25) is 9.84 Å². The summed E-state index contributed by atoms with van der Waals surface area (Å²) >= 11 is 0. The molecule has 0 spiro atoms. The number of carbonyl (C=O) groups excluding carboxylic acids is 2. The van der Waals surface area contributed by atoms with E-state index >= 15 is 0 Å². The predicted octanol–water partition coefficient (Wildman–Crippen LogP) is 6.77. The lowest BCUT2D eigenvalue weighted by atomic mass is 10.2. The first-order valence-corrected chi connectivity index (χ1v) is 15.5. The largest absolute Gasteiger partial charge is 0.457 e. The van der Waals surface area contributed by atoms with Gasteiger partial charge in [0, 0.05) is 15.3 Å². The average molecular weight is 627 g/mol. The van der Waals surface area contributed by atoms with Crippen LogP contribution in [0.3, 0.4) is 0 Å². The molecule has 0 aliphatic carbocycles. The molecule has 3 amide bonds. The van der Waals surface area contributed by atoms with Gasteiger partial charge in [-0.25, -0.2) is 22.0 Å². The van der Waals surface area contributed by atoms with Crippen LogP contribution in [0.4, 0.5) is 19.3 Å². The van der Waals surface area contributed by atoms with Crippen molar-refractivity contribution in [2.75, 3.05) is 5.32 Å². The maximum absolute atomic E-state index is 13.8. The summed E-state index contributed by atoms with van der Waals surface area (Å²) < 4.78 is 72.1. The van der Waals surface area contributed by atoms with Gasteiger partial charge in [-0.3, -0.25) is 14.3 Å². The number of hydrogen-bond acceptors (Lipinski definition) is 6. The third-order valence-electron chi connectivity index (χ3n) is 6.10. The van der Waals surface area contributed by atoms with Gasteiger partial charge < -0.3 is 10.1 Å².